The van der Waals surface area contributed by atoms with Crippen LogP contribution in [0, 0.1) is 11.7 Å². The van der Waals surface area contributed by atoms with Crippen molar-refractivity contribution in [1.29, 1.82) is 0 Å². The van der Waals surface area contributed by atoms with Crippen molar-refractivity contribution < 1.29 is 9.18 Å². The molecule has 2 aliphatic rings. The van der Waals surface area contributed by atoms with Crippen molar-refractivity contribution in [2.45, 2.75) is 52.1 Å². The van der Waals surface area contributed by atoms with E-state index in [1.165, 1.54) is 16.7 Å². The van der Waals surface area contributed by atoms with Gasteiger partial charge in [-0.3, -0.25) is 24.0 Å². The first-order valence-electron chi connectivity index (χ1n) is 12.7. The molecule has 190 valence electrons. The number of nitrogens with one attached hydrogen (secondary N) is 1. The molecule has 1 saturated carbocycles. The van der Waals surface area contributed by atoms with Gasteiger partial charge in [0.2, 0.25) is 0 Å². The van der Waals surface area contributed by atoms with Crippen LogP contribution in [-0.4, -0.2) is 56.4 Å². The van der Waals surface area contributed by atoms with Gasteiger partial charge in [0.25, 0.3) is 11.5 Å². The third-order valence-electron chi connectivity index (χ3n) is 6.94. The highest BCUT2D eigenvalue weighted by molar-refractivity contribution is 6.05. The molecule has 1 N–H and O–H groups in total. The summed E-state index contributed by atoms with van der Waals surface area (Å²) in [5.41, 5.74) is 1.37. The average Bonchev–Trinajstić information content (AvgIpc) is 3.70. The van der Waals surface area contributed by atoms with Crippen LogP contribution in [0.3, 0.4) is 0 Å². The topological polar surface area (TPSA) is 91.3 Å². The number of halogens is 1. The zero-order valence-electron chi connectivity index (χ0n) is 20.8. The van der Waals surface area contributed by atoms with E-state index in [1.54, 1.807) is 23.1 Å². The normalized spacial score (nSPS) is 17.1. The number of hydrogen-bond acceptors (Lipinski definition) is 5. The van der Waals surface area contributed by atoms with E-state index in [0.29, 0.717) is 43.9 Å². The Balaban J connectivity index is 1.46. The predicted octanol–water partition coefficient (Wildman–Crippen LogP) is 3.11. The van der Waals surface area contributed by atoms with Crippen LogP contribution in [-0.2, 0) is 13.1 Å². The standard InChI is InChI=1S/C27H32FN5O3/c1-17(2)15-33-24-23(25(34)30-27(33)36)21(14-22(29-24)19-6-7-19)26(35)32-11-3-10-31(12-13-32)16-18-4-8-20(28)9-5-18/h4-5,8-9,14,17,19H,3,6-7,10-13,15-16H2,1-2H3,(H,30,34,36). The number of rotatable bonds is 6. The Hall–Kier alpha value is -3.33. The smallest absolute Gasteiger partial charge is 0.330 e. The second kappa shape index (κ2) is 9.97. The molecular weight excluding hydrogens is 461 g/mol. The van der Waals surface area contributed by atoms with Crippen LogP contribution < -0.4 is 11.2 Å². The van der Waals surface area contributed by atoms with Crippen LogP contribution in [0.25, 0.3) is 11.0 Å². The fourth-order valence-corrected chi connectivity index (χ4v) is 4.94. The maximum atomic E-state index is 13.8. The Morgan fingerprint density at radius 3 is 2.56 bits per heavy atom. The lowest BCUT2D eigenvalue weighted by Gasteiger charge is -2.23. The van der Waals surface area contributed by atoms with Gasteiger partial charge in [-0.2, -0.15) is 0 Å². The van der Waals surface area contributed by atoms with Gasteiger partial charge in [0.15, 0.2) is 5.65 Å². The summed E-state index contributed by atoms with van der Waals surface area (Å²) in [5.74, 6) is -0.0262. The fourth-order valence-electron chi connectivity index (χ4n) is 4.94. The lowest BCUT2D eigenvalue weighted by Crippen LogP contribution is -2.37. The predicted molar refractivity (Wildman–Crippen MR) is 136 cm³/mol. The van der Waals surface area contributed by atoms with Crippen molar-refractivity contribution in [1.82, 2.24) is 24.3 Å². The first-order chi connectivity index (χ1) is 17.3. The Morgan fingerprint density at radius 1 is 1.11 bits per heavy atom. The molecule has 2 fully saturated rings. The highest BCUT2D eigenvalue weighted by atomic mass is 19.1. The lowest BCUT2D eigenvalue weighted by atomic mass is 10.1. The SMILES string of the molecule is CC(C)Cn1c(=O)[nH]c(=O)c2c(C(=O)N3CCCN(Cc4ccc(F)cc4)CC3)cc(C3CC3)nc21. The molecule has 1 aliphatic heterocycles. The number of fused-ring (bicyclic) bond motifs is 1. The number of H-pyrrole nitrogens is 1. The Bertz CT molecular complexity index is 1390. The van der Waals surface area contributed by atoms with E-state index >= 15 is 0 Å². The molecule has 5 rings (SSSR count). The summed E-state index contributed by atoms with van der Waals surface area (Å²) >= 11 is 0. The maximum Gasteiger partial charge on any atom is 0.330 e. The summed E-state index contributed by atoms with van der Waals surface area (Å²) in [7, 11) is 0. The quantitative estimate of drug-likeness (QED) is 0.570. The van der Waals surface area contributed by atoms with Crippen molar-refractivity contribution in [3.8, 4) is 0 Å². The minimum atomic E-state index is -0.569. The van der Waals surface area contributed by atoms with Crippen LogP contribution in [0.2, 0.25) is 0 Å². The van der Waals surface area contributed by atoms with Crippen LogP contribution in [0.1, 0.15) is 60.6 Å². The molecule has 0 bridgehead atoms. The van der Waals surface area contributed by atoms with Gasteiger partial charge in [-0.05, 0) is 48.9 Å². The number of benzene rings is 1. The molecule has 0 spiro atoms. The van der Waals surface area contributed by atoms with E-state index in [0.717, 1.165) is 37.1 Å². The minimum Gasteiger partial charge on any atom is -0.337 e. The molecule has 9 heteroatoms. The summed E-state index contributed by atoms with van der Waals surface area (Å²) in [6.07, 6.45) is 2.78. The number of amides is 1. The monoisotopic (exact) mass is 493 g/mol. The van der Waals surface area contributed by atoms with E-state index < -0.39 is 11.2 Å². The van der Waals surface area contributed by atoms with Gasteiger partial charge in [-0.15, -0.1) is 0 Å². The van der Waals surface area contributed by atoms with Crippen LogP contribution in [0.5, 0.6) is 0 Å². The maximum absolute atomic E-state index is 13.8. The molecule has 3 heterocycles. The number of aromatic nitrogens is 3. The van der Waals surface area contributed by atoms with E-state index in [1.807, 2.05) is 13.8 Å². The van der Waals surface area contributed by atoms with Gasteiger partial charge in [0, 0.05) is 50.9 Å². The molecule has 1 aliphatic carbocycles. The molecule has 0 unspecified atom stereocenters. The molecule has 1 aromatic carbocycles. The molecule has 0 atom stereocenters. The highest BCUT2D eigenvalue weighted by Crippen LogP contribution is 2.40. The first kappa shape index (κ1) is 24.4. The number of nitrogens with zero attached hydrogens (tertiary/aromatic N) is 4. The van der Waals surface area contributed by atoms with Crippen molar-refractivity contribution >= 4 is 16.9 Å². The third kappa shape index (κ3) is 5.11. The summed E-state index contributed by atoms with van der Waals surface area (Å²) in [6, 6.07) is 8.27. The third-order valence-corrected chi connectivity index (χ3v) is 6.94. The van der Waals surface area contributed by atoms with Gasteiger partial charge in [-0.1, -0.05) is 26.0 Å². The second-order valence-electron chi connectivity index (χ2n) is 10.4. The van der Waals surface area contributed by atoms with Gasteiger partial charge >= 0.3 is 5.69 Å². The number of carbonyl (C=O) groups is 1. The largest absolute Gasteiger partial charge is 0.337 e. The Kier molecular flexibility index (Phi) is 6.75. The molecule has 1 amide bonds. The number of aromatic amines is 1. The summed E-state index contributed by atoms with van der Waals surface area (Å²) in [4.78, 5) is 50.7. The highest BCUT2D eigenvalue weighted by Gasteiger charge is 2.30. The van der Waals surface area contributed by atoms with Crippen LogP contribution in [0.15, 0.2) is 39.9 Å². The van der Waals surface area contributed by atoms with Crippen molar-refractivity contribution in [3.05, 3.63) is 73.8 Å². The average molecular weight is 494 g/mol. The van der Waals surface area contributed by atoms with Crippen molar-refractivity contribution in [2.24, 2.45) is 5.92 Å². The summed E-state index contributed by atoms with van der Waals surface area (Å²) in [6.45, 7) is 7.67. The molecular formula is C27H32FN5O3. The summed E-state index contributed by atoms with van der Waals surface area (Å²) in [5, 5.41) is 0.192. The van der Waals surface area contributed by atoms with Crippen LogP contribution in [0.4, 0.5) is 4.39 Å². The number of carbonyl (C=O) groups excluding carboxylic acids is 1. The summed E-state index contributed by atoms with van der Waals surface area (Å²) < 4.78 is 14.8. The van der Waals surface area contributed by atoms with Gasteiger partial charge < -0.3 is 4.90 Å². The zero-order chi connectivity index (χ0) is 25.4. The molecule has 3 aromatic rings. The van der Waals surface area contributed by atoms with E-state index in [9.17, 15) is 18.8 Å². The Labute approximate surface area is 208 Å². The Morgan fingerprint density at radius 2 is 1.86 bits per heavy atom. The van der Waals surface area contributed by atoms with Gasteiger partial charge in [0.1, 0.15) is 5.82 Å². The van der Waals surface area contributed by atoms with Gasteiger partial charge in [0.05, 0.1) is 10.9 Å². The molecule has 2 aromatic heterocycles. The van der Waals surface area contributed by atoms with E-state index in [4.69, 9.17) is 4.98 Å². The fraction of sp³-hybridized carbons (Fsp3) is 0.481. The minimum absolute atomic E-state index is 0.167. The second-order valence-corrected chi connectivity index (χ2v) is 10.4. The number of hydrogen-bond donors (Lipinski definition) is 1. The van der Waals surface area contributed by atoms with Gasteiger partial charge in [-0.25, -0.2) is 14.2 Å². The molecule has 0 radical (unpaired) electrons. The van der Waals surface area contributed by atoms with E-state index in [2.05, 4.69) is 9.88 Å². The van der Waals surface area contributed by atoms with Crippen LogP contribution >= 0.6 is 0 Å². The number of pyridine rings is 1. The lowest BCUT2D eigenvalue weighted by molar-refractivity contribution is 0.0762. The van der Waals surface area contributed by atoms with E-state index in [-0.39, 0.29) is 28.9 Å². The molecule has 8 nitrogen and oxygen atoms in total. The molecule has 1 saturated heterocycles. The molecule has 36 heavy (non-hydrogen) atoms. The van der Waals surface area contributed by atoms with Crippen molar-refractivity contribution in [3.63, 3.8) is 0 Å². The first-order valence-corrected chi connectivity index (χ1v) is 12.7. The zero-order valence-corrected chi connectivity index (χ0v) is 20.8. The van der Waals surface area contributed by atoms with Crippen molar-refractivity contribution in [2.75, 3.05) is 26.2 Å².